The minimum absolute atomic E-state index is 0.106. The number of carbonyl (C=O) groups excluding carboxylic acids is 1. The molecule has 2 aliphatic carbocycles. The van der Waals surface area contributed by atoms with Crippen molar-refractivity contribution in [1.29, 1.82) is 0 Å². The molecule has 1 amide bonds. The third-order valence-corrected chi connectivity index (χ3v) is 7.08. The summed E-state index contributed by atoms with van der Waals surface area (Å²) in [5.41, 5.74) is 1.74. The molecule has 5 heteroatoms. The second-order valence-corrected chi connectivity index (χ2v) is 8.80. The first-order valence-corrected chi connectivity index (χ1v) is 10.5. The van der Waals surface area contributed by atoms with E-state index in [1.807, 2.05) is 24.3 Å². The highest BCUT2D eigenvalue weighted by atomic mass is 32.2. The van der Waals surface area contributed by atoms with Gasteiger partial charge in [-0.2, -0.15) is 0 Å². The monoisotopic (exact) mass is 349 g/mol. The molecule has 3 rings (SSSR count). The van der Waals surface area contributed by atoms with Gasteiger partial charge in [0, 0.05) is 27.5 Å². The van der Waals surface area contributed by atoms with Crippen molar-refractivity contribution < 1.29 is 14.1 Å². The molecule has 1 aromatic carbocycles. The average molecular weight is 349 g/mol. The van der Waals surface area contributed by atoms with E-state index < -0.39 is 16.9 Å². The van der Waals surface area contributed by atoms with Crippen LogP contribution in [0.15, 0.2) is 24.3 Å². The Labute approximate surface area is 146 Å². The Morgan fingerprint density at radius 2 is 1.92 bits per heavy atom. The van der Waals surface area contributed by atoms with E-state index >= 15 is 0 Å². The van der Waals surface area contributed by atoms with Crippen molar-refractivity contribution in [2.75, 3.05) is 5.32 Å². The molecule has 0 bridgehead atoms. The number of nitrogens with one attached hydrogen (secondary N) is 1. The summed E-state index contributed by atoms with van der Waals surface area (Å²) in [5.74, 6) is 0.149. The summed E-state index contributed by atoms with van der Waals surface area (Å²) in [5, 5.41) is 13.1. The van der Waals surface area contributed by atoms with Crippen LogP contribution in [0.2, 0.25) is 0 Å². The highest BCUT2D eigenvalue weighted by Gasteiger charge is 2.31. The molecule has 3 atom stereocenters. The number of hydrogen-bond acceptors (Lipinski definition) is 3. The lowest BCUT2D eigenvalue weighted by Gasteiger charge is -2.21. The molecule has 3 unspecified atom stereocenters. The van der Waals surface area contributed by atoms with Gasteiger partial charge in [0.25, 0.3) is 0 Å². The van der Waals surface area contributed by atoms with Gasteiger partial charge in [-0.25, -0.2) is 0 Å². The summed E-state index contributed by atoms with van der Waals surface area (Å²) >= 11 is 0. The molecule has 2 N–H and O–H groups in total. The summed E-state index contributed by atoms with van der Waals surface area (Å²) in [6.45, 7) is 0. The molecule has 2 aliphatic rings. The van der Waals surface area contributed by atoms with Crippen LogP contribution < -0.4 is 5.32 Å². The molecule has 2 saturated carbocycles. The minimum atomic E-state index is -0.839. The highest BCUT2D eigenvalue weighted by Crippen LogP contribution is 2.27. The molecule has 0 saturated heterocycles. The molecule has 24 heavy (non-hydrogen) atoms. The van der Waals surface area contributed by atoms with Crippen LogP contribution in [-0.4, -0.2) is 26.6 Å². The van der Waals surface area contributed by atoms with E-state index in [9.17, 15) is 14.1 Å². The summed E-state index contributed by atoms with van der Waals surface area (Å²) in [6, 6.07) is 7.64. The largest absolute Gasteiger partial charge is 0.392 e. The number of amides is 1. The SMILES string of the molecule is O=C(Nc1cccc(CS(=O)C2CCCCC2)c1)C1CCCC1O. The lowest BCUT2D eigenvalue weighted by molar-refractivity contribution is -0.122. The van der Waals surface area contributed by atoms with Gasteiger partial charge in [-0.3, -0.25) is 9.00 Å². The van der Waals surface area contributed by atoms with Gasteiger partial charge in [0.2, 0.25) is 5.91 Å². The maximum atomic E-state index is 12.5. The zero-order valence-electron chi connectivity index (χ0n) is 14.1. The predicted molar refractivity (Wildman–Crippen MR) is 97.1 cm³/mol. The molecule has 2 fully saturated rings. The van der Waals surface area contributed by atoms with E-state index in [0.29, 0.717) is 17.4 Å². The standard InChI is InChI=1S/C19H27NO3S/c21-18-11-5-10-17(18)19(22)20-15-7-4-6-14(12-15)13-24(23)16-8-2-1-3-9-16/h4,6-7,12,16-18,21H,1-3,5,8-11,13H2,(H,20,22). The number of aliphatic hydroxyl groups is 1. The lowest BCUT2D eigenvalue weighted by Crippen LogP contribution is -2.28. The van der Waals surface area contributed by atoms with Crippen LogP contribution in [0.3, 0.4) is 0 Å². The number of aliphatic hydroxyl groups excluding tert-OH is 1. The van der Waals surface area contributed by atoms with Gasteiger partial charge in [0.15, 0.2) is 0 Å². The van der Waals surface area contributed by atoms with Crippen molar-refractivity contribution in [2.45, 2.75) is 68.5 Å². The maximum absolute atomic E-state index is 12.5. The Balaban J connectivity index is 1.59. The Morgan fingerprint density at radius 1 is 1.12 bits per heavy atom. The molecule has 0 radical (unpaired) electrons. The fourth-order valence-electron chi connectivity index (χ4n) is 3.83. The first-order valence-electron chi connectivity index (χ1n) is 9.08. The molecule has 1 aromatic rings. The van der Waals surface area contributed by atoms with Crippen LogP contribution in [-0.2, 0) is 21.3 Å². The van der Waals surface area contributed by atoms with Crippen LogP contribution in [0.25, 0.3) is 0 Å². The van der Waals surface area contributed by atoms with Gasteiger partial charge >= 0.3 is 0 Å². The van der Waals surface area contributed by atoms with Gasteiger partial charge in [-0.1, -0.05) is 31.4 Å². The Hall–Kier alpha value is -1.20. The first kappa shape index (κ1) is 17.6. The van der Waals surface area contributed by atoms with Gasteiger partial charge in [-0.05, 0) is 49.8 Å². The molecule has 0 aliphatic heterocycles. The van der Waals surface area contributed by atoms with E-state index in [4.69, 9.17) is 0 Å². The van der Waals surface area contributed by atoms with Crippen LogP contribution in [0.1, 0.15) is 56.9 Å². The van der Waals surface area contributed by atoms with Crippen molar-refractivity contribution in [3.8, 4) is 0 Å². The maximum Gasteiger partial charge on any atom is 0.230 e. The molecule has 0 spiro atoms. The van der Waals surface area contributed by atoms with Gasteiger partial charge in [0.1, 0.15) is 0 Å². The first-order chi connectivity index (χ1) is 11.6. The quantitative estimate of drug-likeness (QED) is 0.856. The zero-order valence-corrected chi connectivity index (χ0v) is 14.9. The molecule has 0 aromatic heterocycles. The number of rotatable bonds is 5. The van der Waals surface area contributed by atoms with E-state index in [1.54, 1.807) is 0 Å². The average Bonchev–Trinajstić information content (AvgIpc) is 3.02. The van der Waals surface area contributed by atoms with Crippen molar-refractivity contribution in [3.05, 3.63) is 29.8 Å². The smallest absolute Gasteiger partial charge is 0.230 e. The minimum Gasteiger partial charge on any atom is -0.392 e. The van der Waals surface area contributed by atoms with Gasteiger partial charge in [-0.15, -0.1) is 0 Å². The number of hydrogen-bond donors (Lipinski definition) is 2. The summed E-state index contributed by atoms with van der Waals surface area (Å²) in [4.78, 5) is 12.3. The van der Waals surface area contributed by atoms with Crippen molar-refractivity contribution >= 4 is 22.4 Å². The topological polar surface area (TPSA) is 66.4 Å². The second-order valence-electron chi connectivity index (χ2n) is 7.08. The fraction of sp³-hybridized carbons (Fsp3) is 0.632. The van der Waals surface area contributed by atoms with Gasteiger partial charge < -0.3 is 10.4 Å². The van der Waals surface area contributed by atoms with E-state index in [1.165, 1.54) is 19.3 Å². The van der Waals surface area contributed by atoms with Crippen LogP contribution in [0.5, 0.6) is 0 Å². The van der Waals surface area contributed by atoms with Crippen molar-refractivity contribution in [3.63, 3.8) is 0 Å². The number of carbonyl (C=O) groups is 1. The summed E-state index contributed by atoms with van der Waals surface area (Å²) in [6.07, 6.45) is 7.63. The second kappa shape index (κ2) is 8.26. The Morgan fingerprint density at radius 3 is 2.62 bits per heavy atom. The molecular weight excluding hydrogens is 322 g/mol. The fourth-order valence-corrected chi connectivity index (χ4v) is 5.43. The molecule has 0 heterocycles. The normalized spacial score (nSPS) is 26.2. The van der Waals surface area contributed by atoms with Crippen LogP contribution >= 0.6 is 0 Å². The van der Waals surface area contributed by atoms with Crippen LogP contribution in [0, 0.1) is 5.92 Å². The van der Waals surface area contributed by atoms with Crippen LogP contribution in [0.4, 0.5) is 5.69 Å². The van der Waals surface area contributed by atoms with Crippen molar-refractivity contribution in [1.82, 2.24) is 0 Å². The number of benzene rings is 1. The van der Waals surface area contributed by atoms with E-state index in [2.05, 4.69) is 5.32 Å². The van der Waals surface area contributed by atoms with E-state index in [0.717, 1.165) is 36.9 Å². The molecule has 4 nitrogen and oxygen atoms in total. The Bertz CT molecular complexity index is 598. The third-order valence-electron chi connectivity index (χ3n) is 5.24. The predicted octanol–water partition coefficient (Wildman–Crippen LogP) is 3.37. The summed E-state index contributed by atoms with van der Waals surface area (Å²) in [7, 11) is -0.839. The van der Waals surface area contributed by atoms with E-state index in [-0.39, 0.29) is 11.8 Å². The summed E-state index contributed by atoms with van der Waals surface area (Å²) < 4.78 is 12.5. The number of anilines is 1. The Kier molecular flexibility index (Phi) is 6.06. The zero-order chi connectivity index (χ0) is 16.9. The van der Waals surface area contributed by atoms with Gasteiger partial charge in [0.05, 0.1) is 12.0 Å². The third kappa shape index (κ3) is 4.45. The highest BCUT2D eigenvalue weighted by molar-refractivity contribution is 7.84. The van der Waals surface area contributed by atoms with Crippen molar-refractivity contribution in [2.24, 2.45) is 5.92 Å². The lowest BCUT2D eigenvalue weighted by atomic mass is 10.0. The molecular formula is C19H27NO3S. The molecule has 132 valence electrons.